The molecule has 7 heteroatoms. The number of hydrogen-bond acceptors (Lipinski definition) is 4. The molecule has 0 radical (unpaired) electrons. The Kier molecular flexibility index (Phi) is 5.99. The largest absolute Gasteiger partial charge is 0.336 e. The number of benzene rings is 1. The highest BCUT2D eigenvalue weighted by Gasteiger charge is 2.22. The summed E-state index contributed by atoms with van der Waals surface area (Å²) in [6.45, 7) is 3.76. The van der Waals surface area contributed by atoms with Crippen molar-refractivity contribution in [2.24, 2.45) is 0 Å². The standard InChI is InChI=1S/C18H19F2N3OS/c19-18(20)25-16-5-3-15(4-6-16)17(24)23-10-8-22(9-11-23)13-14-2-1-7-21-12-14/h1-7,12,18H,8-11,13H2. The molecule has 2 aromatic rings. The van der Waals surface area contributed by atoms with Crippen molar-refractivity contribution < 1.29 is 13.6 Å². The number of nitrogens with zero attached hydrogens (tertiary/aromatic N) is 3. The lowest BCUT2D eigenvalue weighted by molar-refractivity contribution is 0.0628. The lowest BCUT2D eigenvalue weighted by atomic mass is 10.1. The average molecular weight is 363 g/mol. The molecule has 1 aromatic heterocycles. The zero-order valence-corrected chi connectivity index (χ0v) is 14.5. The molecule has 1 saturated heterocycles. The SMILES string of the molecule is O=C(c1ccc(SC(F)F)cc1)N1CCN(Cc2cccnc2)CC1. The Morgan fingerprint density at radius 3 is 2.44 bits per heavy atom. The quantitative estimate of drug-likeness (QED) is 0.764. The molecule has 1 aromatic carbocycles. The zero-order valence-electron chi connectivity index (χ0n) is 13.6. The summed E-state index contributed by atoms with van der Waals surface area (Å²) in [4.78, 5) is 21.2. The zero-order chi connectivity index (χ0) is 17.6. The Bertz CT molecular complexity index is 689. The van der Waals surface area contributed by atoms with E-state index in [0.29, 0.717) is 35.3 Å². The summed E-state index contributed by atoms with van der Waals surface area (Å²) in [5, 5.41) is 0. The van der Waals surface area contributed by atoms with Crippen molar-refractivity contribution in [2.45, 2.75) is 17.2 Å². The second kappa shape index (κ2) is 8.40. The van der Waals surface area contributed by atoms with Gasteiger partial charge in [0.2, 0.25) is 0 Å². The Morgan fingerprint density at radius 1 is 1.12 bits per heavy atom. The van der Waals surface area contributed by atoms with Gasteiger partial charge in [0.25, 0.3) is 11.7 Å². The van der Waals surface area contributed by atoms with Gasteiger partial charge in [-0.1, -0.05) is 17.8 Å². The number of rotatable bonds is 5. The second-order valence-corrected chi connectivity index (χ2v) is 6.90. The topological polar surface area (TPSA) is 36.4 Å². The number of carbonyl (C=O) groups excluding carboxylic acids is 1. The van der Waals surface area contributed by atoms with E-state index >= 15 is 0 Å². The fourth-order valence-corrected chi connectivity index (χ4v) is 3.32. The van der Waals surface area contributed by atoms with Gasteiger partial charge in [-0.25, -0.2) is 0 Å². The lowest BCUT2D eigenvalue weighted by Crippen LogP contribution is -2.48. The molecule has 0 saturated carbocycles. The maximum Gasteiger partial charge on any atom is 0.288 e. The van der Waals surface area contributed by atoms with E-state index in [1.54, 1.807) is 30.5 Å². The molecular formula is C18H19F2N3OS. The van der Waals surface area contributed by atoms with Crippen LogP contribution in [0.1, 0.15) is 15.9 Å². The summed E-state index contributed by atoms with van der Waals surface area (Å²) in [6, 6.07) is 10.4. The number of alkyl halides is 2. The highest BCUT2D eigenvalue weighted by molar-refractivity contribution is 7.99. The van der Waals surface area contributed by atoms with Gasteiger partial charge in [-0.3, -0.25) is 14.7 Å². The van der Waals surface area contributed by atoms with Crippen LogP contribution in [0.5, 0.6) is 0 Å². The smallest absolute Gasteiger partial charge is 0.288 e. The number of aromatic nitrogens is 1. The van der Waals surface area contributed by atoms with E-state index in [2.05, 4.69) is 9.88 Å². The van der Waals surface area contributed by atoms with Crippen molar-refractivity contribution in [2.75, 3.05) is 26.2 Å². The third-order valence-corrected chi connectivity index (χ3v) is 4.84. The van der Waals surface area contributed by atoms with E-state index < -0.39 is 5.76 Å². The summed E-state index contributed by atoms with van der Waals surface area (Å²) >= 11 is 0.486. The number of piperazine rings is 1. The van der Waals surface area contributed by atoms with Crippen molar-refractivity contribution in [3.8, 4) is 0 Å². The molecule has 1 amide bonds. The minimum atomic E-state index is -2.45. The Labute approximate surface area is 149 Å². The molecule has 132 valence electrons. The molecule has 0 spiro atoms. The summed E-state index contributed by atoms with van der Waals surface area (Å²) in [5.41, 5.74) is 1.70. The van der Waals surface area contributed by atoms with Crippen LogP contribution in [0, 0.1) is 0 Å². The first-order valence-corrected chi connectivity index (χ1v) is 8.95. The summed E-state index contributed by atoms with van der Waals surface area (Å²) in [6.07, 6.45) is 3.61. The van der Waals surface area contributed by atoms with Crippen LogP contribution in [0.4, 0.5) is 8.78 Å². The first kappa shape index (κ1) is 17.8. The van der Waals surface area contributed by atoms with E-state index in [4.69, 9.17) is 0 Å². The lowest BCUT2D eigenvalue weighted by Gasteiger charge is -2.34. The molecule has 0 N–H and O–H groups in total. The molecule has 0 bridgehead atoms. The van der Waals surface area contributed by atoms with Crippen LogP contribution in [0.25, 0.3) is 0 Å². The first-order valence-electron chi connectivity index (χ1n) is 8.07. The number of thioether (sulfide) groups is 1. The van der Waals surface area contributed by atoms with Crippen molar-refractivity contribution in [1.29, 1.82) is 0 Å². The number of carbonyl (C=O) groups is 1. The van der Waals surface area contributed by atoms with Crippen LogP contribution in [0.3, 0.4) is 0 Å². The Hall–Kier alpha value is -1.99. The Balaban J connectivity index is 1.52. The van der Waals surface area contributed by atoms with Crippen LogP contribution in [0.2, 0.25) is 0 Å². The van der Waals surface area contributed by atoms with Crippen molar-refractivity contribution in [1.82, 2.24) is 14.8 Å². The Morgan fingerprint density at radius 2 is 1.84 bits per heavy atom. The van der Waals surface area contributed by atoms with Crippen molar-refractivity contribution in [3.05, 3.63) is 59.9 Å². The van der Waals surface area contributed by atoms with Gasteiger partial charge in [-0.2, -0.15) is 8.78 Å². The van der Waals surface area contributed by atoms with Crippen LogP contribution in [0.15, 0.2) is 53.7 Å². The fourth-order valence-electron chi connectivity index (χ4n) is 2.82. The van der Waals surface area contributed by atoms with Gasteiger partial charge in [0, 0.05) is 55.6 Å². The van der Waals surface area contributed by atoms with Gasteiger partial charge in [-0.15, -0.1) is 0 Å². The molecule has 3 rings (SSSR count). The molecule has 2 heterocycles. The summed E-state index contributed by atoms with van der Waals surface area (Å²) < 4.78 is 24.7. The van der Waals surface area contributed by atoms with E-state index in [1.807, 2.05) is 23.2 Å². The molecule has 1 aliphatic rings. The van der Waals surface area contributed by atoms with Crippen LogP contribution >= 0.6 is 11.8 Å². The first-order chi connectivity index (χ1) is 12.1. The highest BCUT2D eigenvalue weighted by Crippen LogP contribution is 2.25. The van der Waals surface area contributed by atoms with Gasteiger partial charge >= 0.3 is 0 Å². The fraction of sp³-hybridized carbons (Fsp3) is 0.333. The minimum absolute atomic E-state index is 0.0466. The molecule has 1 fully saturated rings. The number of amides is 1. The van der Waals surface area contributed by atoms with Crippen LogP contribution in [-0.4, -0.2) is 52.6 Å². The van der Waals surface area contributed by atoms with Gasteiger partial charge in [0.1, 0.15) is 0 Å². The molecule has 4 nitrogen and oxygen atoms in total. The molecule has 0 atom stereocenters. The van der Waals surface area contributed by atoms with Gasteiger partial charge in [-0.05, 0) is 35.9 Å². The second-order valence-electron chi connectivity index (χ2n) is 5.83. The van der Waals surface area contributed by atoms with E-state index in [-0.39, 0.29) is 5.91 Å². The predicted molar refractivity (Wildman–Crippen MR) is 93.7 cm³/mol. The van der Waals surface area contributed by atoms with E-state index in [0.717, 1.165) is 25.2 Å². The highest BCUT2D eigenvalue weighted by atomic mass is 32.2. The predicted octanol–water partition coefficient (Wildman–Crippen LogP) is 3.35. The molecule has 1 aliphatic heterocycles. The normalized spacial score (nSPS) is 15.6. The average Bonchev–Trinajstić information content (AvgIpc) is 2.63. The summed E-state index contributed by atoms with van der Waals surface area (Å²) in [5.74, 6) is -2.50. The molecule has 0 unspecified atom stereocenters. The van der Waals surface area contributed by atoms with Crippen molar-refractivity contribution in [3.63, 3.8) is 0 Å². The summed E-state index contributed by atoms with van der Waals surface area (Å²) in [7, 11) is 0. The third kappa shape index (κ3) is 4.99. The number of halogens is 2. The van der Waals surface area contributed by atoms with Crippen LogP contribution < -0.4 is 0 Å². The van der Waals surface area contributed by atoms with E-state index in [1.165, 1.54) is 0 Å². The number of pyridine rings is 1. The van der Waals surface area contributed by atoms with E-state index in [9.17, 15) is 13.6 Å². The monoisotopic (exact) mass is 363 g/mol. The van der Waals surface area contributed by atoms with Gasteiger partial charge < -0.3 is 4.90 Å². The molecular weight excluding hydrogens is 344 g/mol. The van der Waals surface area contributed by atoms with Crippen molar-refractivity contribution >= 4 is 17.7 Å². The maximum absolute atomic E-state index is 12.5. The van der Waals surface area contributed by atoms with Gasteiger partial charge in [0.15, 0.2) is 0 Å². The molecule has 0 aliphatic carbocycles. The van der Waals surface area contributed by atoms with Gasteiger partial charge in [0.05, 0.1) is 0 Å². The minimum Gasteiger partial charge on any atom is -0.336 e. The maximum atomic E-state index is 12.5. The van der Waals surface area contributed by atoms with Crippen LogP contribution in [-0.2, 0) is 6.54 Å². The third-order valence-electron chi connectivity index (χ3n) is 4.11. The molecule has 25 heavy (non-hydrogen) atoms. The number of hydrogen-bond donors (Lipinski definition) is 0.